The van der Waals surface area contributed by atoms with Crippen molar-refractivity contribution in [3.63, 3.8) is 0 Å². The van der Waals surface area contributed by atoms with Crippen molar-refractivity contribution in [2.24, 2.45) is 0 Å². The molecule has 0 aliphatic carbocycles. The molecule has 34 heavy (non-hydrogen) atoms. The van der Waals surface area contributed by atoms with Crippen molar-refractivity contribution in [1.82, 2.24) is 14.7 Å². The Kier molecular flexibility index (Phi) is 7.99. The lowest BCUT2D eigenvalue weighted by Crippen LogP contribution is -2.40. The molecule has 0 saturated carbocycles. The second-order valence-electron chi connectivity index (χ2n) is 9.06. The van der Waals surface area contributed by atoms with E-state index in [1.807, 2.05) is 56.3 Å². The van der Waals surface area contributed by atoms with Crippen molar-refractivity contribution in [3.8, 4) is 5.69 Å². The minimum Gasteiger partial charge on any atom is -0.315 e. The monoisotopic (exact) mass is 481 g/mol. The molecule has 0 spiro atoms. The van der Waals surface area contributed by atoms with Crippen LogP contribution >= 0.6 is 11.6 Å². The van der Waals surface area contributed by atoms with Crippen molar-refractivity contribution in [1.29, 1.82) is 0 Å². The Labute approximate surface area is 206 Å². The third kappa shape index (κ3) is 6.17. The number of nitrogens with one attached hydrogen (secondary N) is 2. The number of nitrogens with zero attached hydrogens (tertiary/aromatic N) is 3. The molecule has 3 aromatic rings. The molecule has 8 heteroatoms. The number of hydrogen-bond donors (Lipinski definition) is 2. The molecule has 3 rings (SSSR count). The maximum absolute atomic E-state index is 13.0. The summed E-state index contributed by atoms with van der Waals surface area (Å²) in [6.45, 7) is 10.4. The molecule has 0 radical (unpaired) electrons. The van der Waals surface area contributed by atoms with Crippen LogP contribution in [0.3, 0.4) is 0 Å². The summed E-state index contributed by atoms with van der Waals surface area (Å²) in [7, 11) is 0. The standard InChI is InChI=1S/C26H32ClN5O2/c1-6-18-10-8-9-11-21(18)28-25(34)31(7-2)17-24(33)29-23-16-22(26(3,4)5)30-32(23)20-14-12-19(27)13-15-20/h8-16H,6-7,17H2,1-5H3,(H,28,34)(H,29,33). The van der Waals surface area contributed by atoms with Crippen LogP contribution in [0, 0.1) is 0 Å². The fourth-order valence-corrected chi connectivity index (χ4v) is 3.57. The number of aryl methyl sites for hydroxylation is 1. The van der Waals surface area contributed by atoms with Crippen LogP contribution in [-0.4, -0.2) is 39.7 Å². The van der Waals surface area contributed by atoms with Gasteiger partial charge in [-0.05, 0) is 49.2 Å². The highest BCUT2D eigenvalue weighted by molar-refractivity contribution is 6.30. The second-order valence-corrected chi connectivity index (χ2v) is 9.49. The second kappa shape index (κ2) is 10.7. The summed E-state index contributed by atoms with van der Waals surface area (Å²) >= 11 is 6.04. The third-order valence-electron chi connectivity index (χ3n) is 5.46. The first-order chi connectivity index (χ1) is 16.1. The van der Waals surface area contributed by atoms with Gasteiger partial charge in [0.15, 0.2) is 0 Å². The zero-order valence-corrected chi connectivity index (χ0v) is 21.1. The predicted octanol–water partition coefficient (Wildman–Crippen LogP) is 5.88. The molecule has 1 heterocycles. The molecule has 2 N–H and O–H groups in total. The average molecular weight is 482 g/mol. The Morgan fingerprint density at radius 2 is 1.71 bits per heavy atom. The Morgan fingerprint density at radius 1 is 1.03 bits per heavy atom. The maximum atomic E-state index is 13.0. The van der Waals surface area contributed by atoms with Gasteiger partial charge in [0.05, 0.1) is 11.4 Å². The van der Waals surface area contributed by atoms with E-state index in [9.17, 15) is 9.59 Å². The molecule has 1 aromatic heterocycles. The fraction of sp³-hybridized carbons (Fsp3) is 0.346. The van der Waals surface area contributed by atoms with Gasteiger partial charge < -0.3 is 15.5 Å². The molecule has 3 amide bonds. The van der Waals surface area contributed by atoms with E-state index in [1.165, 1.54) is 4.90 Å². The topological polar surface area (TPSA) is 79.3 Å². The number of rotatable bonds is 7. The summed E-state index contributed by atoms with van der Waals surface area (Å²) < 4.78 is 1.68. The van der Waals surface area contributed by atoms with Crippen molar-refractivity contribution in [2.45, 2.75) is 46.5 Å². The van der Waals surface area contributed by atoms with Crippen molar-refractivity contribution in [3.05, 3.63) is 70.9 Å². The van der Waals surface area contributed by atoms with Gasteiger partial charge in [0.2, 0.25) is 5.91 Å². The van der Waals surface area contributed by atoms with Gasteiger partial charge >= 0.3 is 6.03 Å². The summed E-state index contributed by atoms with van der Waals surface area (Å²) in [5, 5.41) is 11.2. The normalized spacial score (nSPS) is 11.2. The molecule has 0 fully saturated rings. The molecule has 2 aromatic carbocycles. The van der Waals surface area contributed by atoms with Gasteiger partial charge in [-0.2, -0.15) is 5.10 Å². The Hall–Kier alpha value is -3.32. The highest BCUT2D eigenvalue weighted by Gasteiger charge is 2.23. The summed E-state index contributed by atoms with van der Waals surface area (Å²) in [6.07, 6.45) is 0.799. The lowest BCUT2D eigenvalue weighted by atomic mass is 9.92. The SMILES string of the molecule is CCc1ccccc1NC(=O)N(CC)CC(=O)Nc1cc(C(C)(C)C)nn1-c1ccc(Cl)cc1. The number of halogens is 1. The zero-order valence-electron chi connectivity index (χ0n) is 20.4. The van der Waals surface area contributed by atoms with E-state index < -0.39 is 0 Å². The van der Waals surface area contributed by atoms with Gasteiger partial charge in [-0.3, -0.25) is 4.79 Å². The maximum Gasteiger partial charge on any atom is 0.322 e. The first-order valence-corrected chi connectivity index (χ1v) is 11.8. The Bertz CT molecular complexity index is 1150. The number of para-hydroxylation sites is 1. The van der Waals surface area contributed by atoms with Gasteiger partial charge in [-0.1, -0.05) is 57.5 Å². The van der Waals surface area contributed by atoms with E-state index in [4.69, 9.17) is 16.7 Å². The van der Waals surface area contributed by atoms with E-state index in [0.29, 0.717) is 17.4 Å². The van der Waals surface area contributed by atoms with E-state index in [2.05, 4.69) is 31.4 Å². The quantitative estimate of drug-likeness (QED) is 0.442. The van der Waals surface area contributed by atoms with E-state index in [1.54, 1.807) is 16.8 Å². The van der Waals surface area contributed by atoms with Crippen molar-refractivity contribution >= 4 is 35.0 Å². The van der Waals surface area contributed by atoms with Gasteiger partial charge in [0.1, 0.15) is 12.4 Å². The van der Waals surface area contributed by atoms with Gasteiger partial charge in [-0.25, -0.2) is 9.48 Å². The van der Waals surface area contributed by atoms with Crippen LogP contribution < -0.4 is 10.6 Å². The molecule has 0 atom stereocenters. The molecule has 0 aliphatic heterocycles. The first-order valence-electron chi connectivity index (χ1n) is 11.4. The number of carbonyl (C=O) groups excluding carboxylic acids is 2. The lowest BCUT2D eigenvalue weighted by Gasteiger charge is -2.22. The fourth-order valence-electron chi connectivity index (χ4n) is 3.44. The number of urea groups is 1. The van der Waals surface area contributed by atoms with Crippen LogP contribution in [0.5, 0.6) is 0 Å². The number of carbonyl (C=O) groups is 2. The molecule has 180 valence electrons. The largest absolute Gasteiger partial charge is 0.322 e. The highest BCUT2D eigenvalue weighted by atomic mass is 35.5. The van der Waals surface area contributed by atoms with Crippen LogP contribution in [0.25, 0.3) is 5.69 Å². The minimum atomic E-state index is -0.319. The molecule has 7 nitrogen and oxygen atoms in total. The predicted molar refractivity (Wildman–Crippen MR) is 138 cm³/mol. The average Bonchev–Trinajstić information content (AvgIpc) is 3.22. The number of hydrogen-bond acceptors (Lipinski definition) is 3. The van der Waals surface area contributed by atoms with Gasteiger partial charge in [0.25, 0.3) is 0 Å². The van der Waals surface area contributed by atoms with Crippen LogP contribution in [0.2, 0.25) is 5.02 Å². The number of amides is 3. The van der Waals surface area contributed by atoms with E-state index in [0.717, 1.165) is 29.1 Å². The zero-order chi connectivity index (χ0) is 24.9. The van der Waals surface area contributed by atoms with Crippen LogP contribution in [0.4, 0.5) is 16.3 Å². The van der Waals surface area contributed by atoms with Crippen molar-refractivity contribution < 1.29 is 9.59 Å². The number of anilines is 2. The Morgan fingerprint density at radius 3 is 2.32 bits per heavy atom. The number of benzene rings is 2. The highest BCUT2D eigenvalue weighted by Crippen LogP contribution is 2.27. The molecular formula is C26H32ClN5O2. The molecule has 0 unspecified atom stereocenters. The van der Waals surface area contributed by atoms with Gasteiger partial charge in [-0.15, -0.1) is 0 Å². The summed E-state index contributed by atoms with van der Waals surface area (Å²) in [5.41, 5.74) is 3.19. The van der Waals surface area contributed by atoms with Crippen molar-refractivity contribution in [2.75, 3.05) is 23.7 Å². The Balaban J connectivity index is 1.78. The molecule has 0 bridgehead atoms. The number of aromatic nitrogens is 2. The smallest absolute Gasteiger partial charge is 0.315 e. The minimum absolute atomic E-state index is 0.0900. The van der Waals surface area contributed by atoms with E-state index in [-0.39, 0.29) is 23.9 Å². The molecular weight excluding hydrogens is 450 g/mol. The summed E-state index contributed by atoms with van der Waals surface area (Å²) in [6, 6.07) is 16.4. The molecule has 0 aliphatic rings. The summed E-state index contributed by atoms with van der Waals surface area (Å²) in [5.74, 6) is 0.224. The van der Waals surface area contributed by atoms with Gasteiger partial charge in [0, 0.05) is 28.7 Å². The summed E-state index contributed by atoms with van der Waals surface area (Å²) in [4.78, 5) is 27.3. The van der Waals surface area contributed by atoms with E-state index >= 15 is 0 Å². The van der Waals surface area contributed by atoms with Crippen LogP contribution in [0.1, 0.15) is 45.9 Å². The van der Waals surface area contributed by atoms with Crippen LogP contribution in [-0.2, 0) is 16.6 Å². The number of likely N-dealkylation sites (N-methyl/N-ethyl adjacent to an activating group) is 1. The molecule has 0 saturated heterocycles. The third-order valence-corrected chi connectivity index (χ3v) is 5.71. The first kappa shape index (κ1) is 25.3. The lowest BCUT2D eigenvalue weighted by molar-refractivity contribution is -0.116. The van der Waals surface area contributed by atoms with Crippen LogP contribution in [0.15, 0.2) is 54.6 Å².